The summed E-state index contributed by atoms with van der Waals surface area (Å²) in [7, 11) is 3.12. The molecule has 23 heavy (non-hydrogen) atoms. The van der Waals surface area contributed by atoms with E-state index in [1.807, 2.05) is 6.07 Å². The van der Waals surface area contributed by atoms with Crippen LogP contribution in [0.3, 0.4) is 0 Å². The predicted octanol–water partition coefficient (Wildman–Crippen LogP) is 1.24. The highest BCUT2D eigenvalue weighted by molar-refractivity contribution is 6.00. The average Bonchev–Trinajstić information content (AvgIpc) is 2.89. The minimum absolute atomic E-state index is 0.123. The molecule has 2 aromatic rings. The van der Waals surface area contributed by atoms with E-state index in [1.165, 1.54) is 0 Å². The molecule has 0 atom stereocenters. The van der Waals surface area contributed by atoms with E-state index < -0.39 is 5.91 Å². The van der Waals surface area contributed by atoms with Gasteiger partial charge in [-0.15, -0.1) is 0 Å². The summed E-state index contributed by atoms with van der Waals surface area (Å²) in [4.78, 5) is 23.7. The number of furan rings is 1. The molecule has 0 bridgehead atoms. The average molecular weight is 320 g/mol. The Morgan fingerprint density at radius 3 is 2.70 bits per heavy atom. The molecule has 124 valence electrons. The summed E-state index contributed by atoms with van der Waals surface area (Å²) in [5.41, 5.74) is 1.30. The standard InChI is InChI=1S/C16H20N2O5/c1-10-12-8-11(22-3)4-5-13(12)23-15(10)16(20)18-9-14(19)17-6-7-21-2/h4-5,8H,6-7,9H2,1-3H3,(H,17,19)(H,18,20). The maximum absolute atomic E-state index is 12.2. The third-order valence-electron chi connectivity index (χ3n) is 3.39. The zero-order valence-electron chi connectivity index (χ0n) is 13.4. The molecule has 0 aliphatic rings. The van der Waals surface area contributed by atoms with Crippen LogP contribution in [0.25, 0.3) is 11.0 Å². The Morgan fingerprint density at radius 2 is 2.00 bits per heavy atom. The molecule has 0 spiro atoms. The van der Waals surface area contributed by atoms with E-state index in [9.17, 15) is 9.59 Å². The molecule has 2 rings (SSSR count). The minimum atomic E-state index is -0.431. The lowest BCUT2D eigenvalue weighted by molar-refractivity contribution is -0.120. The first kappa shape index (κ1) is 16.8. The number of fused-ring (bicyclic) bond motifs is 1. The number of aryl methyl sites for hydroxylation is 1. The summed E-state index contributed by atoms with van der Waals surface area (Å²) in [6.45, 7) is 2.49. The van der Waals surface area contributed by atoms with Gasteiger partial charge in [0.25, 0.3) is 5.91 Å². The Morgan fingerprint density at radius 1 is 1.22 bits per heavy atom. The monoisotopic (exact) mass is 320 g/mol. The largest absolute Gasteiger partial charge is 0.497 e. The number of rotatable bonds is 7. The van der Waals surface area contributed by atoms with Crippen molar-refractivity contribution in [3.8, 4) is 5.75 Å². The quantitative estimate of drug-likeness (QED) is 0.749. The fraction of sp³-hybridized carbons (Fsp3) is 0.375. The van der Waals surface area contributed by atoms with Crippen LogP contribution in [0.15, 0.2) is 22.6 Å². The van der Waals surface area contributed by atoms with Crippen molar-refractivity contribution in [2.24, 2.45) is 0 Å². The SMILES string of the molecule is COCCNC(=O)CNC(=O)c1oc2ccc(OC)cc2c1C. The van der Waals surface area contributed by atoms with E-state index in [4.69, 9.17) is 13.9 Å². The molecule has 0 saturated carbocycles. The maximum Gasteiger partial charge on any atom is 0.287 e. The molecule has 7 heteroatoms. The summed E-state index contributed by atoms with van der Waals surface area (Å²) in [5.74, 6) is 0.161. The van der Waals surface area contributed by atoms with E-state index in [1.54, 1.807) is 33.3 Å². The number of amides is 2. The van der Waals surface area contributed by atoms with E-state index in [0.29, 0.717) is 30.0 Å². The molecule has 0 fully saturated rings. The molecule has 0 saturated heterocycles. The summed E-state index contributed by atoms with van der Waals surface area (Å²) in [6.07, 6.45) is 0. The number of ether oxygens (including phenoxy) is 2. The molecule has 1 aromatic heterocycles. The van der Waals surface area contributed by atoms with Gasteiger partial charge in [0.1, 0.15) is 11.3 Å². The molecule has 0 aliphatic carbocycles. The number of hydrogen-bond donors (Lipinski definition) is 2. The highest BCUT2D eigenvalue weighted by Crippen LogP contribution is 2.28. The van der Waals surface area contributed by atoms with Gasteiger partial charge in [-0.25, -0.2) is 0 Å². The number of carbonyl (C=O) groups is 2. The van der Waals surface area contributed by atoms with E-state index >= 15 is 0 Å². The normalized spacial score (nSPS) is 10.6. The van der Waals surface area contributed by atoms with Gasteiger partial charge in [0.05, 0.1) is 20.3 Å². The first-order valence-corrected chi connectivity index (χ1v) is 7.17. The first-order chi connectivity index (χ1) is 11.1. The first-order valence-electron chi connectivity index (χ1n) is 7.17. The Bertz CT molecular complexity index is 708. The van der Waals surface area contributed by atoms with Crippen LogP contribution in [0.2, 0.25) is 0 Å². The van der Waals surface area contributed by atoms with Crippen LogP contribution in [-0.2, 0) is 9.53 Å². The van der Waals surface area contributed by atoms with Crippen LogP contribution in [0.4, 0.5) is 0 Å². The summed E-state index contributed by atoms with van der Waals surface area (Å²) in [6, 6.07) is 5.31. The summed E-state index contributed by atoms with van der Waals surface area (Å²) >= 11 is 0. The van der Waals surface area contributed by atoms with Crippen LogP contribution in [-0.4, -0.2) is 45.7 Å². The van der Waals surface area contributed by atoms with E-state index in [2.05, 4.69) is 10.6 Å². The lowest BCUT2D eigenvalue weighted by atomic mass is 10.1. The van der Waals surface area contributed by atoms with Gasteiger partial charge < -0.3 is 24.5 Å². The van der Waals surface area contributed by atoms with Crippen molar-refractivity contribution < 1.29 is 23.5 Å². The van der Waals surface area contributed by atoms with E-state index in [-0.39, 0.29) is 18.2 Å². The Balaban J connectivity index is 2.03. The second-order valence-electron chi connectivity index (χ2n) is 4.94. The van der Waals surface area contributed by atoms with Crippen molar-refractivity contribution in [2.45, 2.75) is 6.92 Å². The lowest BCUT2D eigenvalue weighted by Crippen LogP contribution is -2.38. The Hall–Kier alpha value is -2.54. The van der Waals surface area contributed by atoms with Gasteiger partial charge in [0, 0.05) is 24.6 Å². The second kappa shape index (κ2) is 7.64. The molecular weight excluding hydrogens is 300 g/mol. The molecule has 1 aromatic carbocycles. The van der Waals surface area contributed by atoms with Crippen LogP contribution < -0.4 is 15.4 Å². The molecule has 1 heterocycles. The van der Waals surface area contributed by atoms with Crippen molar-refractivity contribution in [2.75, 3.05) is 33.9 Å². The van der Waals surface area contributed by atoms with Crippen molar-refractivity contribution >= 4 is 22.8 Å². The molecule has 2 amide bonds. The fourth-order valence-corrected chi connectivity index (χ4v) is 2.14. The van der Waals surface area contributed by atoms with Crippen LogP contribution in [0, 0.1) is 6.92 Å². The van der Waals surface area contributed by atoms with Crippen LogP contribution in [0.1, 0.15) is 16.1 Å². The Kier molecular flexibility index (Phi) is 5.59. The number of benzene rings is 1. The number of hydrogen-bond acceptors (Lipinski definition) is 5. The number of nitrogens with one attached hydrogen (secondary N) is 2. The third-order valence-corrected chi connectivity index (χ3v) is 3.39. The van der Waals surface area contributed by atoms with Gasteiger partial charge >= 0.3 is 0 Å². The molecule has 0 radical (unpaired) electrons. The number of carbonyl (C=O) groups excluding carboxylic acids is 2. The molecule has 0 aliphatic heterocycles. The van der Waals surface area contributed by atoms with Gasteiger partial charge in [0.15, 0.2) is 5.76 Å². The van der Waals surface area contributed by atoms with Gasteiger partial charge in [-0.1, -0.05) is 0 Å². The highest BCUT2D eigenvalue weighted by atomic mass is 16.5. The molecule has 0 unspecified atom stereocenters. The van der Waals surface area contributed by atoms with Gasteiger partial charge in [-0.3, -0.25) is 9.59 Å². The molecule has 2 N–H and O–H groups in total. The molecule has 7 nitrogen and oxygen atoms in total. The highest BCUT2D eigenvalue weighted by Gasteiger charge is 2.18. The third kappa shape index (κ3) is 4.01. The van der Waals surface area contributed by atoms with E-state index in [0.717, 1.165) is 5.39 Å². The summed E-state index contributed by atoms with van der Waals surface area (Å²) < 4.78 is 15.6. The smallest absolute Gasteiger partial charge is 0.287 e. The number of methoxy groups -OCH3 is 2. The zero-order chi connectivity index (χ0) is 16.8. The van der Waals surface area contributed by atoms with Gasteiger partial charge in [0.2, 0.25) is 5.91 Å². The van der Waals surface area contributed by atoms with Gasteiger partial charge in [-0.2, -0.15) is 0 Å². The van der Waals surface area contributed by atoms with Crippen molar-refractivity contribution in [3.05, 3.63) is 29.5 Å². The van der Waals surface area contributed by atoms with Crippen molar-refractivity contribution in [3.63, 3.8) is 0 Å². The molecular formula is C16H20N2O5. The van der Waals surface area contributed by atoms with Crippen LogP contribution in [0.5, 0.6) is 5.75 Å². The van der Waals surface area contributed by atoms with Crippen molar-refractivity contribution in [1.29, 1.82) is 0 Å². The predicted molar refractivity (Wildman–Crippen MR) is 84.7 cm³/mol. The van der Waals surface area contributed by atoms with Gasteiger partial charge in [-0.05, 0) is 25.1 Å². The maximum atomic E-state index is 12.2. The second-order valence-corrected chi connectivity index (χ2v) is 4.94. The minimum Gasteiger partial charge on any atom is -0.497 e. The van der Waals surface area contributed by atoms with Crippen LogP contribution >= 0.6 is 0 Å². The topological polar surface area (TPSA) is 89.8 Å². The fourth-order valence-electron chi connectivity index (χ4n) is 2.14. The lowest BCUT2D eigenvalue weighted by Gasteiger charge is -2.05. The zero-order valence-corrected chi connectivity index (χ0v) is 13.4. The summed E-state index contributed by atoms with van der Waals surface area (Å²) in [5, 5.41) is 5.96. The van der Waals surface area contributed by atoms with Crippen molar-refractivity contribution in [1.82, 2.24) is 10.6 Å². The Labute approximate surface area is 133 Å².